The van der Waals surface area contributed by atoms with Crippen LogP contribution in [0.25, 0.3) is 0 Å². The third-order valence-corrected chi connectivity index (χ3v) is 3.67. The second-order valence-corrected chi connectivity index (χ2v) is 5.10. The predicted molar refractivity (Wildman–Crippen MR) is 69.9 cm³/mol. The zero-order chi connectivity index (χ0) is 13.3. The van der Waals surface area contributed by atoms with Gasteiger partial charge in [0.05, 0.1) is 0 Å². The number of amides is 1. The van der Waals surface area contributed by atoms with E-state index in [1.165, 1.54) is 0 Å². The molecule has 0 aliphatic carbocycles. The molecule has 2 atom stereocenters. The monoisotopic (exact) mass is 251 g/mol. The normalized spacial score (nSPS) is 25.4. The number of rotatable bonds is 2. The lowest BCUT2D eigenvalue weighted by Gasteiger charge is -2.42. The van der Waals surface area contributed by atoms with Gasteiger partial charge in [0, 0.05) is 31.4 Å². The first-order valence-electron chi connectivity index (χ1n) is 6.26. The Bertz CT molecular complexity index is 418. The lowest BCUT2D eigenvalue weighted by atomic mass is 10.1. The van der Waals surface area contributed by atoms with Crippen LogP contribution >= 0.6 is 0 Å². The average molecular weight is 251 g/mol. The molecule has 6 heteroatoms. The summed E-state index contributed by atoms with van der Waals surface area (Å²) in [5, 5.41) is 4.04. The van der Waals surface area contributed by atoms with E-state index in [1.807, 2.05) is 4.90 Å². The molecule has 2 N–H and O–H groups in total. The lowest BCUT2D eigenvalue weighted by molar-refractivity contribution is -0.136. The number of likely N-dealkylation sites (N-methyl/N-ethyl adjacent to an activating group) is 1. The summed E-state index contributed by atoms with van der Waals surface area (Å²) in [6.07, 6.45) is 1.73. The van der Waals surface area contributed by atoms with E-state index in [0.717, 1.165) is 13.1 Å². The SMILES string of the molecule is CC1CN(C(=O)Cn2ccc(N)n2)CC(C)N1C. The van der Waals surface area contributed by atoms with Crippen molar-refractivity contribution in [2.24, 2.45) is 0 Å². The van der Waals surface area contributed by atoms with Crippen molar-refractivity contribution in [1.82, 2.24) is 19.6 Å². The molecule has 0 saturated carbocycles. The van der Waals surface area contributed by atoms with Gasteiger partial charge in [-0.05, 0) is 27.0 Å². The van der Waals surface area contributed by atoms with E-state index >= 15 is 0 Å². The van der Waals surface area contributed by atoms with E-state index in [9.17, 15) is 4.79 Å². The van der Waals surface area contributed by atoms with Crippen LogP contribution in [-0.2, 0) is 11.3 Å². The molecule has 1 aromatic rings. The van der Waals surface area contributed by atoms with Crippen molar-refractivity contribution >= 4 is 11.7 Å². The summed E-state index contributed by atoms with van der Waals surface area (Å²) in [6, 6.07) is 2.48. The van der Waals surface area contributed by atoms with Gasteiger partial charge in [0.15, 0.2) is 0 Å². The number of aromatic nitrogens is 2. The molecule has 100 valence electrons. The standard InChI is InChI=1S/C12H21N5O/c1-9-6-16(7-10(2)15(9)3)12(18)8-17-5-4-11(13)14-17/h4-5,9-10H,6-8H2,1-3H3,(H2,13,14). The summed E-state index contributed by atoms with van der Waals surface area (Å²) in [5.74, 6) is 0.549. The number of carbonyl (C=O) groups excluding carboxylic acids is 1. The molecule has 1 aliphatic heterocycles. The van der Waals surface area contributed by atoms with Crippen LogP contribution in [0.5, 0.6) is 0 Å². The smallest absolute Gasteiger partial charge is 0.244 e. The number of carbonyl (C=O) groups is 1. The van der Waals surface area contributed by atoms with Crippen LogP contribution in [0, 0.1) is 0 Å². The van der Waals surface area contributed by atoms with Crippen LogP contribution in [0.2, 0.25) is 0 Å². The maximum Gasteiger partial charge on any atom is 0.244 e. The fourth-order valence-electron chi connectivity index (χ4n) is 2.31. The first kappa shape index (κ1) is 12.9. The minimum absolute atomic E-state index is 0.102. The summed E-state index contributed by atoms with van der Waals surface area (Å²) in [7, 11) is 2.10. The molecule has 1 aromatic heterocycles. The molecule has 0 spiro atoms. The highest BCUT2D eigenvalue weighted by Crippen LogP contribution is 2.13. The van der Waals surface area contributed by atoms with Crippen LogP contribution < -0.4 is 5.73 Å². The maximum absolute atomic E-state index is 12.2. The Labute approximate surface area is 107 Å². The van der Waals surface area contributed by atoms with Crippen LogP contribution in [0.15, 0.2) is 12.3 Å². The summed E-state index contributed by atoms with van der Waals surface area (Å²) < 4.78 is 1.59. The third-order valence-electron chi connectivity index (χ3n) is 3.67. The Kier molecular flexibility index (Phi) is 3.56. The van der Waals surface area contributed by atoms with Crippen molar-refractivity contribution in [3.05, 3.63) is 12.3 Å². The number of nitrogens with two attached hydrogens (primary N) is 1. The summed E-state index contributed by atoms with van der Waals surface area (Å²) >= 11 is 0. The Balaban J connectivity index is 1.97. The fraction of sp³-hybridized carbons (Fsp3) is 0.667. The van der Waals surface area contributed by atoms with E-state index in [2.05, 4.69) is 30.9 Å². The number of nitrogen functional groups attached to an aromatic ring is 1. The first-order valence-corrected chi connectivity index (χ1v) is 6.26. The van der Waals surface area contributed by atoms with Gasteiger partial charge in [-0.25, -0.2) is 0 Å². The molecule has 0 radical (unpaired) electrons. The lowest BCUT2D eigenvalue weighted by Crippen LogP contribution is -2.56. The first-order chi connectivity index (χ1) is 8.47. The van der Waals surface area contributed by atoms with Crippen LogP contribution in [0.3, 0.4) is 0 Å². The van der Waals surface area contributed by atoms with Gasteiger partial charge < -0.3 is 10.6 Å². The molecule has 1 amide bonds. The number of piperazine rings is 1. The van der Waals surface area contributed by atoms with Crippen molar-refractivity contribution < 1.29 is 4.79 Å². The molecule has 2 rings (SSSR count). The molecule has 2 heterocycles. The summed E-state index contributed by atoms with van der Waals surface area (Å²) in [4.78, 5) is 16.4. The molecule has 0 aromatic carbocycles. The predicted octanol–water partition coefficient (Wildman–Crippen LogP) is 0.0163. The molecule has 6 nitrogen and oxygen atoms in total. The number of anilines is 1. The van der Waals surface area contributed by atoms with Crippen molar-refractivity contribution in [1.29, 1.82) is 0 Å². The molecule has 2 unspecified atom stereocenters. The zero-order valence-corrected chi connectivity index (χ0v) is 11.2. The van der Waals surface area contributed by atoms with Gasteiger partial charge in [0.1, 0.15) is 12.4 Å². The van der Waals surface area contributed by atoms with E-state index in [4.69, 9.17) is 5.73 Å². The number of hydrogen-bond donors (Lipinski definition) is 1. The number of hydrogen-bond acceptors (Lipinski definition) is 4. The molecular weight excluding hydrogens is 230 g/mol. The Hall–Kier alpha value is -1.56. The van der Waals surface area contributed by atoms with Gasteiger partial charge >= 0.3 is 0 Å². The Morgan fingerprint density at radius 2 is 2.06 bits per heavy atom. The van der Waals surface area contributed by atoms with Gasteiger partial charge in [0.2, 0.25) is 5.91 Å². The van der Waals surface area contributed by atoms with Gasteiger partial charge in [-0.1, -0.05) is 0 Å². The summed E-state index contributed by atoms with van der Waals surface area (Å²) in [5.41, 5.74) is 5.53. The fourth-order valence-corrected chi connectivity index (χ4v) is 2.31. The molecule has 18 heavy (non-hydrogen) atoms. The molecular formula is C12H21N5O. The van der Waals surface area contributed by atoms with Crippen LogP contribution in [0.4, 0.5) is 5.82 Å². The molecule has 0 bridgehead atoms. The van der Waals surface area contributed by atoms with E-state index in [0.29, 0.717) is 17.9 Å². The number of nitrogens with zero attached hydrogens (tertiary/aromatic N) is 4. The molecule has 1 saturated heterocycles. The van der Waals surface area contributed by atoms with Crippen molar-refractivity contribution in [2.75, 3.05) is 25.9 Å². The van der Waals surface area contributed by atoms with Crippen molar-refractivity contribution in [2.45, 2.75) is 32.5 Å². The van der Waals surface area contributed by atoms with Gasteiger partial charge in [-0.3, -0.25) is 14.4 Å². The molecule has 1 aliphatic rings. The highest BCUT2D eigenvalue weighted by atomic mass is 16.2. The van der Waals surface area contributed by atoms with Crippen molar-refractivity contribution in [3.63, 3.8) is 0 Å². The average Bonchev–Trinajstić information content (AvgIpc) is 2.71. The van der Waals surface area contributed by atoms with Crippen LogP contribution in [-0.4, -0.2) is 57.7 Å². The third kappa shape index (κ3) is 2.64. The topological polar surface area (TPSA) is 67.4 Å². The Morgan fingerprint density at radius 1 is 1.44 bits per heavy atom. The van der Waals surface area contributed by atoms with E-state index < -0.39 is 0 Å². The maximum atomic E-state index is 12.2. The van der Waals surface area contributed by atoms with Gasteiger partial charge in [-0.15, -0.1) is 0 Å². The van der Waals surface area contributed by atoms with Gasteiger partial charge in [0.25, 0.3) is 0 Å². The van der Waals surface area contributed by atoms with Crippen molar-refractivity contribution in [3.8, 4) is 0 Å². The minimum Gasteiger partial charge on any atom is -0.382 e. The second-order valence-electron chi connectivity index (χ2n) is 5.10. The Morgan fingerprint density at radius 3 is 2.56 bits per heavy atom. The largest absolute Gasteiger partial charge is 0.382 e. The second kappa shape index (κ2) is 4.97. The van der Waals surface area contributed by atoms with E-state index in [-0.39, 0.29) is 12.5 Å². The van der Waals surface area contributed by atoms with E-state index in [1.54, 1.807) is 16.9 Å². The highest BCUT2D eigenvalue weighted by molar-refractivity contribution is 5.76. The quantitative estimate of drug-likeness (QED) is 0.804. The van der Waals surface area contributed by atoms with Crippen LogP contribution in [0.1, 0.15) is 13.8 Å². The van der Waals surface area contributed by atoms with Gasteiger partial charge in [-0.2, -0.15) is 5.10 Å². The minimum atomic E-state index is 0.102. The highest BCUT2D eigenvalue weighted by Gasteiger charge is 2.29. The summed E-state index contributed by atoms with van der Waals surface area (Å²) in [6.45, 7) is 6.09. The zero-order valence-electron chi connectivity index (χ0n) is 11.2. The molecule has 1 fully saturated rings.